The monoisotopic (exact) mass is 268 g/mol. The number of aliphatic hydroxyl groups is 1. The van der Waals surface area contributed by atoms with E-state index in [1.54, 1.807) is 0 Å². The maximum Gasteiger partial charge on any atom is 0.0794 e. The van der Waals surface area contributed by atoms with Crippen LogP contribution in [0.25, 0.3) is 0 Å². The number of rotatable bonds is 6. The summed E-state index contributed by atoms with van der Waals surface area (Å²) in [6.45, 7) is 5.29. The van der Waals surface area contributed by atoms with Crippen molar-refractivity contribution in [1.29, 1.82) is 0 Å². The first kappa shape index (κ1) is 13.8. The Balaban J connectivity index is 1.46. The average Bonchev–Trinajstić information content (AvgIpc) is 3.12. The van der Waals surface area contributed by atoms with Crippen LogP contribution in [-0.2, 0) is 4.74 Å². The van der Waals surface area contributed by atoms with Crippen molar-refractivity contribution in [3.8, 4) is 0 Å². The van der Waals surface area contributed by atoms with Crippen LogP contribution in [0.4, 0.5) is 0 Å². The molecule has 1 unspecified atom stereocenters. The van der Waals surface area contributed by atoms with Gasteiger partial charge in [-0.2, -0.15) is 0 Å². The normalized spacial score (nSPS) is 28.1. The molecule has 1 heterocycles. The molecule has 3 fully saturated rings. The average molecular weight is 268 g/mol. The third kappa shape index (κ3) is 3.91. The molecule has 0 aromatic heterocycles. The van der Waals surface area contributed by atoms with Crippen LogP contribution >= 0.6 is 0 Å². The largest absolute Gasteiger partial charge is 0.390 e. The summed E-state index contributed by atoms with van der Waals surface area (Å²) < 4.78 is 5.36. The lowest BCUT2D eigenvalue weighted by Crippen LogP contribution is -2.47. The number of β-amino-alcohol motifs (C(OH)–C–C–N with tert-alkyl or cyclic N) is 1. The summed E-state index contributed by atoms with van der Waals surface area (Å²) in [5.41, 5.74) is 0. The first-order valence-corrected chi connectivity index (χ1v) is 8.07. The van der Waals surface area contributed by atoms with Crippen molar-refractivity contribution in [3.63, 3.8) is 0 Å². The van der Waals surface area contributed by atoms with Crippen LogP contribution in [-0.4, -0.2) is 72.5 Å². The zero-order chi connectivity index (χ0) is 13.1. The molecule has 1 saturated heterocycles. The fourth-order valence-corrected chi connectivity index (χ4v) is 3.62. The molecule has 110 valence electrons. The molecular weight excluding hydrogens is 240 g/mol. The molecule has 0 bridgehead atoms. The molecule has 1 N–H and O–H groups in total. The topological polar surface area (TPSA) is 35.9 Å². The molecule has 0 amide bonds. The van der Waals surface area contributed by atoms with Crippen molar-refractivity contribution >= 4 is 0 Å². The Morgan fingerprint density at radius 3 is 2.32 bits per heavy atom. The van der Waals surface area contributed by atoms with E-state index in [-0.39, 0.29) is 6.10 Å². The fraction of sp³-hybridized carbons (Fsp3) is 1.00. The SMILES string of the molecule is OC(CN1CCOCC1)CN(C1CCCC1)C1CC1. The van der Waals surface area contributed by atoms with Gasteiger partial charge in [0.2, 0.25) is 0 Å². The summed E-state index contributed by atoms with van der Waals surface area (Å²) >= 11 is 0. The van der Waals surface area contributed by atoms with Gasteiger partial charge in [0.15, 0.2) is 0 Å². The molecule has 3 aliphatic rings. The summed E-state index contributed by atoms with van der Waals surface area (Å²) in [5.74, 6) is 0. The van der Waals surface area contributed by atoms with Gasteiger partial charge in [-0.3, -0.25) is 9.80 Å². The highest BCUT2D eigenvalue weighted by molar-refractivity contribution is 4.91. The smallest absolute Gasteiger partial charge is 0.0794 e. The highest BCUT2D eigenvalue weighted by Gasteiger charge is 2.36. The molecule has 19 heavy (non-hydrogen) atoms. The van der Waals surface area contributed by atoms with Crippen molar-refractivity contribution in [2.75, 3.05) is 39.4 Å². The third-order valence-electron chi connectivity index (χ3n) is 4.80. The minimum Gasteiger partial charge on any atom is -0.390 e. The summed E-state index contributed by atoms with van der Waals surface area (Å²) in [6, 6.07) is 1.54. The minimum atomic E-state index is -0.195. The molecule has 4 heteroatoms. The highest BCUT2D eigenvalue weighted by atomic mass is 16.5. The maximum atomic E-state index is 10.4. The zero-order valence-electron chi connectivity index (χ0n) is 12.0. The second kappa shape index (κ2) is 6.53. The van der Waals surface area contributed by atoms with E-state index < -0.39 is 0 Å². The lowest BCUT2D eigenvalue weighted by molar-refractivity contribution is 0.00209. The third-order valence-corrected chi connectivity index (χ3v) is 4.80. The van der Waals surface area contributed by atoms with Crippen molar-refractivity contribution in [3.05, 3.63) is 0 Å². The lowest BCUT2D eigenvalue weighted by Gasteiger charge is -2.34. The number of aliphatic hydroxyl groups excluding tert-OH is 1. The first-order valence-electron chi connectivity index (χ1n) is 8.07. The van der Waals surface area contributed by atoms with E-state index in [1.165, 1.54) is 38.5 Å². The Labute approximate surface area is 116 Å². The molecule has 1 aliphatic heterocycles. The molecule has 2 saturated carbocycles. The van der Waals surface area contributed by atoms with E-state index in [9.17, 15) is 5.11 Å². The predicted octanol–water partition coefficient (Wildman–Crippen LogP) is 1.09. The number of ether oxygens (including phenoxy) is 1. The van der Waals surface area contributed by atoms with Crippen LogP contribution < -0.4 is 0 Å². The molecule has 0 spiro atoms. The Morgan fingerprint density at radius 1 is 1.05 bits per heavy atom. The maximum absolute atomic E-state index is 10.4. The lowest BCUT2D eigenvalue weighted by atomic mass is 10.1. The summed E-state index contributed by atoms with van der Waals surface area (Å²) in [7, 11) is 0. The van der Waals surface area contributed by atoms with Crippen LogP contribution in [0.2, 0.25) is 0 Å². The van der Waals surface area contributed by atoms with Crippen LogP contribution in [0.5, 0.6) is 0 Å². The number of morpholine rings is 1. The predicted molar refractivity (Wildman–Crippen MR) is 75.2 cm³/mol. The molecule has 2 aliphatic carbocycles. The number of hydrogen-bond acceptors (Lipinski definition) is 4. The Hall–Kier alpha value is -0.160. The van der Waals surface area contributed by atoms with Gasteiger partial charge < -0.3 is 9.84 Å². The van der Waals surface area contributed by atoms with Crippen molar-refractivity contribution < 1.29 is 9.84 Å². The van der Waals surface area contributed by atoms with Crippen molar-refractivity contribution in [2.24, 2.45) is 0 Å². The molecule has 0 aromatic carbocycles. The van der Waals surface area contributed by atoms with Crippen LogP contribution in [0, 0.1) is 0 Å². The fourth-order valence-electron chi connectivity index (χ4n) is 3.62. The van der Waals surface area contributed by atoms with Gasteiger partial charge in [-0.25, -0.2) is 0 Å². The minimum absolute atomic E-state index is 0.195. The molecule has 3 rings (SSSR count). The summed E-state index contributed by atoms with van der Waals surface area (Å²) in [6.07, 6.45) is 7.96. The van der Waals surface area contributed by atoms with E-state index >= 15 is 0 Å². The standard InChI is InChI=1S/C15H28N2O2/c18-15(11-16-7-9-19-10-8-16)12-17(14-5-6-14)13-3-1-2-4-13/h13-15,18H,1-12H2. The van der Waals surface area contributed by atoms with Gasteiger partial charge in [-0.05, 0) is 25.7 Å². The first-order chi connectivity index (χ1) is 9.33. The molecular formula is C15H28N2O2. The van der Waals surface area contributed by atoms with Gasteiger partial charge in [0.1, 0.15) is 0 Å². The van der Waals surface area contributed by atoms with Gasteiger partial charge in [-0.15, -0.1) is 0 Å². The Bertz CT molecular complexity index is 271. The molecule has 1 atom stereocenters. The number of hydrogen-bond donors (Lipinski definition) is 1. The van der Waals surface area contributed by atoms with E-state index in [0.29, 0.717) is 0 Å². The van der Waals surface area contributed by atoms with Gasteiger partial charge in [0.05, 0.1) is 19.3 Å². The van der Waals surface area contributed by atoms with E-state index in [0.717, 1.165) is 51.5 Å². The zero-order valence-corrected chi connectivity index (χ0v) is 12.0. The summed E-state index contributed by atoms with van der Waals surface area (Å²) in [5, 5.41) is 10.4. The van der Waals surface area contributed by atoms with Gasteiger partial charge in [-0.1, -0.05) is 12.8 Å². The van der Waals surface area contributed by atoms with Gasteiger partial charge >= 0.3 is 0 Å². The number of nitrogens with zero attached hydrogens (tertiary/aromatic N) is 2. The van der Waals surface area contributed by atoms with Crippen molar-refractivity contribution in [2.45, 2.75) is 56.7 Å². The highest BCUT2D eigenvalue weighted by Crippen LogP contribution is 2.34. The van der Waals surface area contributed by atoms with Crippen LogP contribution in [0.3, 0.4) is 0 Å². The van der Waals surface area contributed by atoms with E-state index in [4.69, 9.17) is 4.74 Å². The summed E-state index contributed by atoms with van der Waals surface area (Å²) in [4.78, 5) is 4.96. The second-order valence-corrected chi connectivity index (χ2v) is 6.43. The van der Waals surface area contributed by atoms with Crippen LogP contribution in [0.15, 0.2) is 0 Å². The second-order valence-electron chi connectivity index (χ2n) is 6.43. The molecule has 0 aromatic rings. The van der Waals surface area contributed by atoms with Gasteiger partial charge in [0.25, 0.3) is 0 Å². The van der Waals surface area contributed by atoms with E-state index in [1.807, 2.05) is 0 Å². The Kier molecular flexibility index (Phi) is 4.74. The van der Waals surface area contributed by atoms with Crippen molar-refractivity contribution in [1.82, 2.24) is 9.80 Å². The van der Waals surface area contributed by atoms with Crippen LogP contribution in [0.1, 0.15) is 38.5 Å². The van der Waals surface area contributed by atoms with E-state index in [2.05, 4.69) is 9.80 Å². The Morgan fingerprint density at radius 2 is 1.68 bits per heavy atom. The van der Waals surface area contributed by atoms with Gasteiger partial charge in [0, 0.05) is 38.3 Å². The molecule has 0 radical (unpaired) electrons. The quantitative estimate of drug-likeness (QED) is 0.782. The molecule has 4 nitrogen and oxygen atoms in total.